The molecule has 0 saturated heterocycles. The fraction of sp³-hybridized carbons (Fsp3) is 0.0588. The zero-order valence-corrected chi connectivity index (χ0v) is 13.5. The van der Waals surface area contributed by atoms with Crippen molar-refractivity contribution in [3.05, 3.63) is 58.1 Å². The molecule has 3 rings (SSSR count). The van der Waals surface area contributed by atoms with Crippen molar-refractivity contribution in [1.82, 2.24) is 0 Å². The van der Waals surface area contributed by atoms with Crippen LogP contribution in [0, 0.1) is 6.92 Å². The van der Waals surface area contributed by atoms with Gasteiger partial charge in [0.2, 0.25) is 0 Å². The van der Waals surface area contributed by atoms with Crippen LogP contribution in [0.1, 0.15) is 26.3 Å². The van der Waals surface area contributed by atoms with Crippen molar-refractivity contribution in [2.24, 2.45) is 0 Å². The maximum Gasteiger partial charge on any atom is 0.336 e. The summed E-state index contributed by atoms with van der Waals surface area (Å²) in [7, 11) is 0. The zero-order chi connectivity index (χ0) is 16.7. The molecule has 0 atom stereocenters. The smallest absolute Gasteiger partial charge is 0.336 e. The second-order valence-corrected chi connectivity index (χ2v) is 6.52. The first-order valence-corrected chi connectivity index (χ1v) is 7.88. The van der Waals surface area contributed by atoms with E-state index in [4.69, 9.17) is 11.6 Å². The Kier molecular flexibility index (Phi) is 3.83. The van der Waals surface area contributed by atoms with E-state index in [0.29, 0.717) is 10.6 Å². The molecule has 1 aromatic heterocycles. The highest BCUT2D eigenvalue weighted by molar-refractivity contribution is 7.22. The molecule has 1 heterocycles. The van der Waals surface area contributed by atoms with Crippen molar-refractivity contribution < 1.29 is 19.8 Å². The minimum absolute atomic E-state index is 0.00702. The second-order valence-electron chi connectivity index (χ2n) is 5.03. The van der Waals surface area contributed by atoms with Crippen LogP contribution in [0.5, 0.6) is 0 Å². The van der Waals surface area contributed by atoms with Gasteiger partial charge in [-0.25, -0.2) is 9.59 Å². The summed E-state index contributed by atoms with van der Waals surface area (Å²) < 4.78 is 0.948. The van der Waals surface area contributed by atoms with E-state index < -0.39 is 11.9 Å². The van der Waals surface area contributed by atoms with Gasteiger partial charge in [-0.2, -0.15) is 0 Å². The van der Waals surface area contributed by atoms with E-state index in [1.54, 1.807) is 12.1 Å². The lowest BCUT2D eigenvalue weighted by Gasteiger charge is -2.10. The molecule has 0 radical (unpaired) electrons. The molecule has 3 aromatic rings. The van der Waals surface area contributed by atoms with Gasteiger partial charge in [0.05, 0.1) is 11.1 Å². The molecule has 0 amide bonds. The number of thiophene rings is 1. The summed E-state index contributed by atoms with van der Waals surface area (Å²) in [5.41, 5.74) is 0.737. The number of carboxylic acid groups (broad SMARTS) is 2. The lowest BCUT2D eigenvalue weighted by Crippen LogP contribution is -2.08. The molecule has 2 aromatic carbocycles. The first-order chi connectivity index (χ1) is 10.9. The van der Waals surface area contributed by atoms with E-state index >= 15 is 0 Å². The van der Waals surface area contributed by atoms with Crippen molar-refractivity contribution >= 4 is 45.0 Å². The average Bonchev–Trinajstić information content (AvgIpc) is 2.91. The van der Waals surface area contributed by atoms with Gasteiger partial charge in [0.25, 0.3) is 0 Å². The number of rotatable bonds is 3. The molecule has 0 aliphatic carbocycles. The fourth-order valence-electron chi connectivity index (χ4n) is 2.58. The molecule has 2 N–H and O–H groups in total. The molecule has 0 spiro atoms. The van der Waals surface area contributed by atoms with Gasteiger partial charge >= 0.3 is 11.9 Å². The van der Waals surface area contributed by atoms with E-state index in [1.807, 2.05) is 18.2 Å². The normalized spacial score (nSPS) is 10.9. The molecule has 4 nitrogen and oxygen atoms in total. The predicted molar refractivity (Wildman–Crippen MR) is 90.9 cm³/mol. The summed E-state index contributed by atoms with van der Waals surface area (Å²) >= 11 is 7.59. The van der Waals surface area contributed by atoms with Crippen LogP contribution in [0.25, 0.3) is 20.5 Å². The van der Waals surface area contributed by atoms with Crippen molar-refractivity contribution in [2.75, 3.05) is 0 Å². The molecule has 0 bridgehead atoms. The third kappa shape index (κ3) is 2.58. The summed E-state index contributed by atoms with van der Waals surface area (Å²) in [6, 6.07) is 10.3. The Hall–Kier alpha value is -2.37. The van der Waals surface area contributed by atoms with Crippen LogP contribution >= 0.6 is 22.9 Å². The maximum absolute atomic E-state index is 11.7. The first kappa shape index (κ1) is 15.5. The number of benzene rings is 2. The molecule has 0 aliphatic rings. The number of hydrogen-bond acceptors (Lipinski definition) is 3. The van der Waals surface area contributed by atoms with Crippen LogP contribution in [0.3, 0.4) is 0 Å². The van der Waals surface area contributed by atoms with Gasteiger partial charge in [0, 0.05) is 25.5 Å². The highest BCUT2D eigenvalue weighted by Crippen LogP contribution is 2.39. The number of fused-ring (bicyclic) bond motifs is 1. The second kappa shape index (κ2) is 5.68. The van der Waals surface area contributed by atoms with Crippen LogP contribution in [-0.2, 0) is 0 Å². The van der Waals surface area contributed by atoms with E-state index in [2.05, 4.69) is 0 Å². The monoisotopic (exact) mass is 346 g/mol. The van der Waals surface area contributed by atoms with Crippen molar-refractivity contribution in [2.45, 2.75) is 6.92 Å². The Morgan fingerprint density at radius 2 is 1.83 bits per heavy atom. The number of aromatic carboxylic acids is 2. The molecule has 116 valence electrons. The minimum atomic E-state index is -1.15. The van der Waals surface area contributed by atoms with E-state index in [1.165, 1.54) is 24.3 Å². The molecule has 0 aliphatic heterocycles. The summed E-state index contributed by atoms with van der Waals surface area (Å²) in [4.78, 5) is 23.6. The maximum atomic E-state index is 11.7. The highest BCUT2D eigenvalue weighted by Gasteiger charge is 2.21. The van der Waals surface area contributed by atoms with Crippen LogP contribution in [-0.4, -0.2) is 22.2 Å². The Balaban J connectivity index is 2.30. The quantitative estimate of drug-likeness (QED) is 0.705. The topological polar surface area (TPSA) is 74.6 Å². The molecular weight excluding hydrogens is 336 g/mol. The van der Waals surface area contributed by atoms with E-state index in [0.717, 1.165) is 15.0 Å². The number of carbonyl (C=O) groups is 2. The van der Waals surface area contributed by atoms with Gasteiger partial charge in [-0.15, -0.1) is 11.3 Å². The molecule has 6 heteroatoms. The van der Waals surface area contributed by atoms with Crippen LogP contribution in [0.2, 0.25) is 5.02 Å². The number of carboxylic acids is 2. The Morgan fingerprint density at radius 3 is 2.43 bits per heavy atom. The van der Waals surface area contributed by atoms with Crippen LogP contribution in [0.15, 0.2) is 36.4 Å². The molecule has 0 unspecified atom stereocenters. The van der Waals surface area contributed by atoms with Crippen LogP contribution < -0.4 is 0 Å². The summed E-state index contributed by atoms with van der Waals surface area (Å²) in [5.74, 6) is -2.29. The average molecular weight is 347 g/mol. The Bertz CT molecular complexity index is 959. The van der Waals surface area contributed by atoms with Gasteiger partial charge in [-0.3, -0.25) is 0 Å². The minimum Gasteiger partial charge on any atom is -0.478 e. The van der Waals surface area contributed by atoms with Gasteiger partial charge in [0.15, 0.2) is 0 Å². The van der Waals surface area contributed by atoms with Crippen LogP contribution in [0.4, 0.5) is 0 Å². The summed E-state index contributed by atoms with van der Waals surface area (Å²) in [6.07, 6.45) is 0. The van der Waals surface area contributed by atoms with E-state index in [9.17, 15) is 19.8 Å². The SMILES string of the molecule is Cc1c(C(=O)O)ccc(-c2cc3c(Cl)cccc3s2)c1C(=O)O. The molecule has 0 saturated carbocycles. The predicted octanol–water partition coefficient (Wildman–Crippen LogP) is 4.93. The molecular formula is C17H11ClO4S. The van der Waals surface area contributed by atoms with Crippen molar-refractivity contribution in [3.63, 3.8) is 0 Å². The lowest BCUT2D eigenvalue weighted by molar-refractivity contribution is 0.0696. The zero-order valence-electron chi connectivity index (χ0n) is 12.0. The van der Waals surface area contributed by atoms with E-state index in [-0.39, 0.29) is 16.7 Å². The largest absolute Gasteiger partial charge is 0.478 e. The van der Waals surface area contributed by atoms with Gasteiger partial charge in [-0.05, 0) is 36.8 Å². The highest BCUT2D eigenvalue weighted by atomic mass is 35.5. The number of halogens is 1. The van der Waals surface area contributed by atoms with Crippen molar-refractivity contribution in [1.29, 1.82) is 0 Å². The third-order valence-corrected chi connectivity index (χ3v) is 5.15. The van der Waals surface area contributed by atoms with Crippen molar-refractivity contribution in [3.8, 4) is 10.4 Å². The standard InChI is InChI=1S/C17H11ClO4S/c1-8-9(16(19)20)5-6-10(15(8)17(21)22)14-7-11-12(18)3-2-4-13(11)23-14/h2-7H,1H3,(H,19,20)(H,21,22). The van der Waals surface area contributed by atoms with Gasteiger partial charge in [-0.1, -0.05) is 23.7 Å². The summed E-state index contributed by atoms with van der Waals surface area (Å²) in [5, 5.41) is 20.2. The fourth-order valence-corrected chi connectivity index (χ4v) is 3.99. The first-order valence-electron chi connectivity index (χ1n) is 6.68. The lowest BCUT2D eigenvalue weighted by atomic mass is 9.96. The summed E-state index contributed by atoms with van der Waals surface area (Å²) in [6.45, 7) is 1.51. The Labute approximate surface area is 140 Å². The number of hydrogen-bond donors (Lipinski definition) is 2. The Morgan fingerprint density at radius 1 is 1.09 bits per heavy atom. The van der Waals surface area contributed by atoms with Gasteiger partial charge < -0.3 is 10.2 Å². The third-order valence-electron chi connectivity index (χ3n) is 3.68. The molecule has 23 heavy (non-hydrogen) atoms. The van der Waals surface area contributed by atoms with Gasteiger partial charge in [0.1, 0.15) is 0 Å². The molecule has 0 fully saturated rings.